The Morgan fingerprint density at radius 3 is 2.53 bits per heavy atom. The quantitative estimate of drug-likeness (QED) is 0.111. The second-order valence-corrected chi connectivity index (χ2v) is 11.5. The first-order valence-corrected chi connectivity index (χ1v) is 15.0. The molecule has 1 atom stereocenters. The first-order chi connectivity index (χ1) is 21.7. The fourth-order valence-electron chi connectivity index (χ4n) is 4.97. The minimum atomic E-state index is -0.966. The van der Waals surface area contributed by atoms with Gasteiger partial charge in [0.25, 0.3) is 11.2 Å². The molecule has 0 saturated heterocycles. The van der Waals surface area contributed by atoms with Crippen molar-refractivity contribution in [1.82, 2.24) is 4.57 Å². The van der Waals surface area contributed by atoms with E-state index in [0.29, 0.717) is 27.2 Å². The molecular formula is C32H20Cl2FN3O6S. The van der Waals surface area contributed by atoms with Crippen molar-refractivity contribution < 1.29 is 23.3 Å². The van der Waals surface area contributed by atoms with E-state index in [2.05, 4.69) is 0 Å². The van der Waals surface area contributed by atoms with Crippen LogP contribution in [0.15, 0.2) is 98.6 Å². The maximum atomic E-state index is 14.0. The fraction of sp³-hybridized carbons (Fsp3) is 0.0938. The lowest BCUT2D eigenvalue weighted by Gasteiger charge is -2.25. The van der Waals surface area contributed by atoms with Gasteiger partial charge in [-0.25, -0.2) is 14.2 Å². The summed E-state index contributed by atoms with van der Waals surface area (Å²) in [6, 6.07) is 19.3. The molecule has 3 aromatic carbocycles. The molecule has 0 radical (unpaired) electrons. The molecule has 13 heteroatoms. The Morgan fingerprint density at radius 2 is 1.84 bits per heavy atom. The summed E-state index contributed by atoms with van der Waals surface area (Å²) in [6.45, 7) is 1.77. The number of halogens is 3. The molecular weight excluding hydrogens is 644 g/mol. The van der Waals surface area contributed by atoms with Crippen LogP contribution >= 0.6 is 34.5 Å². The van der Waals surface area contributed by atoms with Crippen LogP contribution in [0.3, 0.4) is 0 Å². The predicted molar refractivity (Wildman–Crippen MR) is 168 cm³/mol. The number of hydrogen-bond acceptors (Lipinski definition) is 8. The Hall–Kier alpha value is -4.84. The molecule has 5 aromatic rings. The van der Waals surface area contributed by atoms with E-state index in [1.54, 1.807) is 31.2 Å². The van der Waals surface area contributed by atoms with Crippen LogP contribution in [0.5, 0.6) is 0 Å². The van der Waals surface area contributed by atoms with Crippen molar-refractivity contribution in [2.24, 2.45) is 4.99 Å². The highest BCUT2D eigenvalue weighted by Crippen LogP contribution is 2.38. The maximum Gasteiger partial charge on any atom is 0.338 e. The number of esters is 1. The summed E-state index contributed by atoms with van der Waals surface area (Å²) in [7, 11) is 0. The van der Waals surface area contributed by atoms with Crippen LogP contribution in [0.4, 0.5) is 10.1 Å². The van der Waals surface area contributed by atoms with E-state index in [4.69, 9.17) is 37.3 Å². The van der Waals surface area contributed by atoms with E-state index >= 15 is 0 Å². The molecule has 45 heavy (non-hydrogen) atoms. The van der Waals surface area contributed by atoms with Gasteiger partial charge in [-0.3, -0.25) is 19.5 Å². The van der Waals surface area contributed by atoms with Gasteiger partial charge in [0.1, 0.15) is 22.4 Å². The van der Waals surface area contributed by atoms with Crippen LogP contribution < -0.4 is 14.9 Å². The molecule has 0 spiro atoms. The molecule has 0 aliphatic carbocycles. The molecule has 0 unspecified atom stereocenters. The summed E-state index contributed by atoms with van der Waals surface area (Å²) < 4.78 is 27.0. The number of ether oxygens (including phenoxy) is 1. The normalized spacial score (nSPS) is 14.7. The summed E-state index contributed by atoms with van der Waals surface area (Å²) in [5.41, 5.74) is 1.12. The smallest absolute Gasteiger partial charge is 0.338 e. The number of hydrogen-bond donors (Lipinski definition) is 0. The number of thiazole rings is 1. The van der Waals surface area contributed by atoms with Crippen LogP contribution in [0.2, 0.25) is 10.0 Å². The third kappa shape index (κ3) is 5.73. The second kappa shape index (κ2) is 12.3. The highest BCUT2D eigenvalue weighted by atomic mass is 35.5. The van der Waals surface area contributed by atoms with Crippen molar-refractivity contribution in [2.75, 3.05) is 6.61 Å². The highest BCUT2D eigenvalue weighted by molar-refractivity contribution is 7.07. The molecule has 1 aliphatic rings. The molecule has 2 aromatic heterocycles. The Bertz CT molecular complexity index is 2190. The highest BCUT2D eigenvalue weighted by Gasteiger charge is 2.35. The first kappa shape index (κ1) is 30.2. The van der Waals surface area contributed by atoms with Crippen molar-refractivity contribution in [1.29, 1.82) is 0 Å². The molecule has 0 bridgehead atoms. The SMILES string of the molecule is CCOC(=O)C1=C(c2ccccc2)N=c2s/c(=C/c3ccc(-c4cc(Cl)c([N+](=O)[O-])cc4Cl)o3)c(=O)n2[C@@H]1c1ccc(F)cc1. The molecule has 0 amide bonds. The lowest BCUT2D eigenvalue weighted by molar-refractivity contribution is -0.384. The number of nitro groups is 1. The fourth-order valence-corrected chi connectivity index (χ4v) is 6.44. The van der Waals surface area contributed by atoms with E-state index < -0.39 is 28.3 Å². The van der Waals surface area contributed by atoms with Gasteiger partial charge in [-0.1, -0.05) is 77.0 Å². The molecule has 1 aliphatic heterocycles. The van der Waals surface area contributed by atoms with E-state index in [-0.39, 0.29) is 44.0 Å². The molecule has 9 nitrogen and oxygen atoms in total. The number of benzene rings is 3. The summed E-state index contributed by atoms with van der Waals surface area (Å²) in [4.78, 5) is 43.1. The largest absolute Gasteiger partial charge is 0.463 e. The maximum absolute atomic E-state index is 14.0. The number of rotatable bonds is 7. The lowest BCUT2D eigenvalue weighted by atomic mass is 9.93. The van der Waals surface area contributed by atoms with Crippen molar-refractivity contribution in [2.45, 2.75) is 13.0 Å². The van der Waals surface area contributed by atoms with Crippen LogP contribution in [-0.4, -0.2) is 22.1 Å². The monoisotopic (exact) mass is 663 g/mol. The number of nitrogens with zero attached hydrogens (tertiary/aromatic N) is 3. The average Bonchev–Trinajstić information content (AvgIpc) is 3.62. The number of furan rings is 1. The summed E-state index contributed by atoms with van der Waals surface area (Å²) in [5, 5.41) is 11.2. The summed E-state index contributed by atoms with van der Waals surface area (Å²) in [5.74, 6) is -0.569. The molecule has 6 rings (SSSR count). The predicted octanol–water partition coefficient (Wildman–Crippen LogP) is 6.55. The Labute approximate surface area is 267 Å². The van der Waals surface area contributed by atoms with E-state index in [1.165, 1.54) is 41.0 Å². The van der Waals surface area contributed by atoms with Gasteiger partial charge in [0, 0.05) is 23.3 Å². The van der Waals surface area contributed by atoms with Crippen LogP contribution in [0.1, 0.15) is 29.9 Å². The van der Waals surface area contributed by atoms with Gasteiger partial charge in [0.2, 0.25) is 0 Å². The number of aromatic nitrogens is 1. The molecule has 226 valence electrons. The lowest BCUT2D eigenvalue weighted by Crippen LogP contribution is -2.40. The van der Waals surface area contributed by atoms with Gasteiger partial charge in [0.15, 0.2) is 4.80 Å². The third-order valence-corrected chi connectivity index (χ3v) is 8.56. The Balaban J connectivity index is 1.53. The van der Waals surface area contributed by atoms with Crippen molar-refractivity contribution in [3.8, 4) is 11.3 Å². The number of nitro benzene ring substituents is 1. The molecule has 0 saturated carbocycles. The number of fused-ring (bicyclic) bond motifs is 1. The second-order valence-electron chi connectivity index (χ2n) is 9.73. The van der Waals surface area contributed by atoms with Gasteiger partial charge in [0.05, 0.1) is 38.4 Å². The molecule has 0 N–H and O–H groups in total. The van der Waals surface area contributed by atoms with Gasteiger partial charge in [-0.2, -0.15) is 0 Å². The Kier molecular flexibility index (Phi) is 8.24. The zero-order valence-electron chi connectivity index (χ0n) is 23.2. The van der Waals surface area contributed by atoms with E-state index in [0.717, 1.165) is 17.4 Å². The Morgan fingerprint density at radius 1 is 1.11 bits per heavy atom. The van der Waals surface area contributed by atoms with Crippen LogP contribution in [0.25, 0.3) is 23.1 Å². The van der Waals surface area contributed by atoms with Crippen molar-refractivity contribution in [3.05, 3.63) is 147 Å². The zero-order valence-corrected chi connectivity index (χ0v) is 25.5. The topological polar surface area (TPSA) is 117 Å². The minimum Gasteiger partial charge on any atom is -0.463 e. The molecule has 0 fully saturated rings. The van der Waals surface area contributed by atoms with Gasteiger partial charge in [-0.05, 0) is 42.8 Å². The van der Waals surface area contributed by atoms with Gasteiger partial charge < -0.3 is 9.15 Å². The molecule has 3 heterocycles. The average molecular weight is 664 g/mol. The zero-order chi connectivity index (χ0) is 31.8. The van der Waals surface area contributed by atoms with Crippen LogP contribution in [-0.2, 0) is 9.53 Å². The minimum absolute atomic E-state index is 0.0607. The third-order valence-electron chi connectivity index (χ3n) is 6.96. The van der Waals surface area contributed by atoms with E-state index in [1.807, 2.05) is 18.2 Å². The number of carbonyl (C=O) groups excluding carboxylic acids is 1. The van der Waals surface area contributed by atoms with Gasteiger partial charge in [-0.15, -0.1) is 0 Å². The van der Waals surface area contributed by atoms with Gasteiger partial charge >= 0.3 is 5.97 Å². The standard InChI is InChI=1S/C32H20Cl2FN3O6S/c1-2-43-31(40)27-28(17-6-4-3-5-7-17)36-32-37(29(27)18-8-10-19(35)11-9-18)30(39)26(45-32)14-20-12-13-25(44-20)21-15-23(34)24(38(41)42)16-22(21)33/h3-16,29H,2H2,1H3/b26-14+/t29-/m1/s1. The van der Waals surface area contributed by atoms with Crippen molar-refractivity contribution >= 4 is 58.0 Å². The van der Waals surface area contributed by atoms with Crippen molar-refractivity contribution in [3.63, 3.8) is 0 Å². The van der Waals surface area contributed by atoms with Crippen LogP contribution in [0, 0.1) is 15.9 Å². The number of carbonyl (C=O) groups is 1. The van der Waals surface area contributed by atoms with E-state index in [9.17, 15) is 24.1 Å². The summed E-state index contributed by atoms with van der Waals surface area (Å²) in [6.07, 6.45) is 1.52. The summed E-state index contributed by atoms with van der Waals surface area (Å²) >= 11 is 13.5. The first-order valence-electron chi connectivity index (χ1n) is 13.4.